The van der Waals surface area contributed by atoms with Gasteiger partial charge in [-0.15, -0.1) is 0 Å². The molecule has 0 amide bonds. The molecule has 1 aromatic heterocycles. The Labute approximate surface area is 120 Å². The van der Waals surface area contributed by atoms with Crippen molar-refractivity contribution >= 4 is 39.6 Å². The van der Waals surface area contributed by atoms with Crippen LogP contribution in [0, 0.1) is 3.57 Å². The van der Waals surface area contributed by atoms with Crippen molar-refractivity contribution < 1.29 is 4.74 Å². The number of halogens is 1. The van der Waals surface area contributed by atoms with Crippen LogP contribution in [0.2, 0.25) is 0 Å². The molecular weight excluding hydrogens is 341 g/mol. The minimum absolute atomic E-state index is 0.0177. The Hall–Kier alpha value is -0.820. The zero-order valence-corrected chi connectivity index (χ0v) is 12.5. The second-order valence-electron chi connectivity index (χ2n) is 5.05. The fourth-order valence-corrected chi connectivity index (χ4v) is 3.15. The normalized spacial score (nSPS) is 19.2. The first-order chi connectivity index (χ1) is 8.60. The van der Waals surface area contributed by atoms with Gasteiger partial charge in [-0.05, 0) is 60.6 Å². The number of ether oxygens (including phenoxy) is 1. The zero-order valence-electron chi connectivity index (χ0n) is 10.3. The molecule has 1 aromatic carbocycles. The van der Waals surface area contributed by atoms with Gasteiger partial charge in [-0.1, -0.05) is 0 Å². The van der Waals surface area contributed by atoms with Gasteiger partial charge in [-0.25, -0.2) is 4.98 Å². The number of aromatic nitrogens is 2. The number of fused-ring (bicyclic) bond motifs is 1. The number of hydrogen-bond donors (Lipinski definition) is 1. The highest BCUT2D eigenvalue weighted by molar-refractivity contribution is 14.1. The number of nitrogens with zero attached hydrogens (tertiary/aromatic N) is 2. The summed E-state index contributed by atoms with van der Waals surface area (Å²) in [4.78, 5) is 4.49. The molecule has 5 heteroatoms. The summed E-state index contributed by atoms with van der Waals surface area (Å²) in [5.74, 6) is 0.608. The molecule has 18 heavy (non-hydrogen) atoms. The second-order valence-corrected chi connectivity index (χ2v) is 6.29. The first-order valence-corrected chi connectivity index (χ1v) is 7.20. The standard InChI is InChI=1S/C13H16IN3O/c1-13(4-6-18-7-5-13)17-11-3-2-9(14)8-10(11)16-12(17)15/h2-3,8H,4-7H2,1H3,(H2,15,16). The van der Waals surface area contributed by atoms with Crippen LogP contribution in [0.25, 0.3) is 11.0 Å². The van der Waals surface area contributed by atoms with E-state index in [2.05, 4.69) is 57.3 Å². The Morgan fingerprint density at radius 2 is 2.11 bits per heavy atom. The quantitative estimate of drug-likeness (QED) is 0.799. The Balaban J connectivity index is 2.18. The van der Waals surface area contributed by atoms with Crippen molar-refractivity contribution in [2.75, 3.05) is 18.9 Å². The van der Waals surface area contributed by atoms with Gasteiger partial charge in [0.15, 0.2) is 0 Å². The third-order valence-corrected chi connectivity index (χ3v) is 4.42. The molecule has 1 aliphatic rings. The lowest BCUT2D eigenvalue weighted by Gasteiger charge is -2.36. The van der Waals surface area contributed by atoms with E-state index >= 15 is 0 Å². The topological polar surface area (TPSA) is 53.1 Å². The molecule has 0 saturated carbocycles. The highest BCUT2D eigenvalue weighted by Gasteiger charge is 2.32. The smallest absolute Gasteiger partial charge is 0.201 e. The van der Waals surface area contributed by atoms with Gasteiger partial charge < -0.3 is 15.0 Å². The van der Waals surface area contributed by atoms with Crippen LogP contribution < -0.4 is 5.73 Å². The van der Waals surface area contributed by atoms with Gasteiger partial charge in [0.05, 0.1) is 11.0 Å². The molecule has 0 bridgehead atoms. The van der Waals surface area contributed by atoms with Crippen molar-refractivity contribution in [1.29, 1.82) is 0 Å². The van der Waals surface area contributed by atoms with Crippen LogP contribution >= 0.6 is 22.6 Å². The minimum atomic E-state index is 0.0177. The van der Waals surface area contributed by atoms with Crippen LogP contribution in [0.4, 0.5) is 5.95 Å². The number of rotatable bonds is 1. The highest BCUT2D eigenvalue weighted by atomic mass is 127. The van der Waals surface area contributed by atoms with E-state index in [1.54, 1.807) is 0 Å². The highest BCUT2D eigenvalue weighted by Crippen LogP contribution is 2.34. The molecule has 1 aliphatic heterocycles. The lowest BCUT2D eigenvalue weighted by Crippen LogP contribution is -2.37. The van der Waals surface area contributed by atoms with Crippen LogP contribution in [-0.2, 0) is 10.3 Å². The number of benzene rings is 1. The van der Waals surface area contributed by atoms with Crippen molar-refractivity contribution in [3.63, 3.8) is 0 Å². The Morgan fingerprint density at radius 3 is 2.83 bits per heavy atom. The molecule has 3 rings (SSSR count). The van der Waals surface area contributed by atoms with E-state index in [1.807, 2.05) is 0 Å². The van der Waals surface area contributed by atoms with Crippen LogP contribution in [0.1, 0.15) is 19.8 Å². The van der Waals surface area contributed by atoms with Crippen LogP contribution in [0.15, 0.2) is 18.2 Å². The molecule has 1 saturated heterocycles. The third-order valence-electron chi connectivity index (χ3n) is 3.75. The largest absolute Gasteiger partial charge is 0.381 e. The Bertz CT molecular complexity index is 587. The van der Waals surface area contributed by atoms with Crippen LogP contribution in [-0.4, -0.2) is 22.8 Å². The molecule has 2 aromatic rings. The lowest BCUT2D eigenvalue weighted by atomic mass is 9.92. The number of hydrogen-bond acceptors (Lipinski definition) is 3. The zero-order chi connectivity index (χ0) is 12.8. The molecule has 0 unspecified atom stereocenters. The fraction of sp³-hybridized carbons (Fsp3) is 0.462. The van der Waals surface area contributed by atoms with E-state index in [4.69, 9.17) is 10.5 Å². The summed E-state index contributed by atoms with van der Waals surface area (Å²) in [7, 11) is 0. The maximum absolute atomic E-state index is 6.13. The summed E-state index contributed by atoms with van der Waals surface area (Å²) in [5, 5.41) is 0. The monoisotopic (exact) mass is 357 g/mol. The van der Waals surface area contributed by atoms with E-state index in [0.29, 0.717) is 5.95 Å². The van der Waals surface area contributed by atoms with Gasteiger partial charge in [-0.2, -0.15) is 0 Å². The molecule has 2 heterocycles. The molecule has 96 valence electrons. The summed E-state index contributed by atoms with van der Waals surface area (Å²) < 4.78 is 8.82. The molecule has 2 N–H and O–H groups in total. The van der Waals surface area contributed by atoms with Crippen LogP contribution in [0.5, 0.6) is 0 Å². The first kappa shape index (κ1) is 12.2. The molecule has 0 radical (unpaired) electrons. The fourth-order valence-electron chi connectivity index (χ4n) is 2.67. The number of nitrogen functional groups attached to an aromatic ring is 1. The number of nitrogens with two attached hydrogens (primary N) is 1. The van der Waals surface area contributed by atoms with Gasteiger partial charge in [-0.3, -0.25) is 0 Å². The second kappa shape index (κ2) is 4.38. The number of imidazole rings is 1. The molecular formula is C13H16IN3O. The van der Waals surface area contributed by atoms with Crippen molar-refractivity contribution in [1.82, 2.24) is 9.55 Å². The van der Waals surface area contributed by atoms with Gasteiger partial charge in [0, 0.05) is 22.3 Å². The van der Waals surface area contributed by atoms with Crippen molar-refractivity contribution in [3.05, 3.63) is 21.8 Å². The number of anilines is 1. The lowest BCUT2D eigenvalue weighted by molar-refractivity contribution is 0.0320. The van der Waals surface area contributed by atoms with Gasteiger partial charge in [0.2, 0.25) is 5.95 Å². The van der Waals surface area contributed by atoms with Gasteiger partial charge in [0.25, 0.3) is 0 Å². The summed E-state index contributed by atoms with van der Waals surface area (Å²) >= 11 is 2.30. The summed E-state index contributed by atoms with van der Waals surface area (Å²) in [6.07, 6.45) is 1.96. The minimum Gasteiger partial charge on any atom is -0.381 e. The van der Waals surface area contributed by atoms with E-state index in [1.165, 1.54) is 3.57 Å². The summed E-state index contributed by atoms with van der Waals surface area (Å²) in [6.45, 7) is 3.82. The third kappa shape index (κ3) is 1.89. The van der Waals surface area contributed by atoms with Crippen molar-refractivity contribution in [2.24, 2.45) is 0 Å². The van der Waals surface area contributed by atoms with E-state index in [9.17, 15) is 0 Å². The molecule has 4 nitrogen and oxygen atoms in total. The molecule has 0 atom stereocenters. The summed E-state index contributed by atoms with van der Waals surface area (Å²) in [5.41, 5.74) is 8.25. The SMILES string of the molecule is CC1(n2c(N)nc3cc(I)ccc32)CCOCC1. The van der Waals surface area contributed by atoms with Crippen molar-refractivity contribution in [2.45, 2.75) is 25.3 Å². The predicted molar refractivity (Wildman–Crippen MR) is 80.6 cm³/mol. The summed E-state index contributed by atoms with van der Waals surface area (Å²) in [6, 6.07) is 6.29. The van der Waals surface area contributed by atoms with Gasteiger partial charge >= 0.3 is 0 Å². The van der Waals surface area contributed by atoms with Crippen molar-refractivity contribution in [3.8, 4) is 0 Å². The Morgan fingerprint density at radius 1 is 1.39 bits per heavy atom. The van der Waals surface area contributed by atoms with Crippen LogP contribution in [0.3, 0.4) is 0 Å². The average molecular weight is 357 g/mol. The first-order valence-electron chi connectivity index (χ1n) is 6.12. The van der Waals surface area contributed by atoms with E-state index in [0.717, 1.165) is 37.1 Å². The molecule has 0 aliphatic carbocycles. The van der Waals surface area contributed by atoms with E-state index in [-0.39, 0.29) is 5.54 Å². The maximum atomic E-state index is 6.13. The predicted octanol–water partition coefficient (Wildman–Crippen LogP) is 2.75. The molecule has 0 spiro atoms. The Kier molecular flexibility index (Phi) is 2.97. The van der Waals surface area contributed by atoms with E-state index < -0.39 is 0 Å². The molecule has 1 fully saturated rings. The van der Waals surface area contributed by atoms with Gasteiger partial charge in [0.1, 0.15) is 0 Å². The average Bonchev–Trinajstić information content (AvgIpc) is 2.65. The maximum Gasteiger partial charge on any atom is 0.201 e.